The molecule has 1 atom stereocenters. The molecule has 0 aliphatic rings. The van der Waals surface area contributed by atoms with E-state index in [4.69, 9.17) is 15.6 Å². The highest BCUT2D eigenvalue weighted by molar-refractivity contribution is 5.82. The second-order valence-corrected chi connectivity index (χ2v) is 6.26. The molecular formula is C13H26N2O4. The third-order valence-electron chi connectivity index (χ3n) is 2.27. The van der Waals surface area contributed by atoms with E-state index in [2.05, 4.69) is 5.32 Å². The van der Waals surface area contributed by atoms with E-state index in [1.807, 2.05) is 0 Å². The summed E-state index contributed by atoms with van der Waals surface area (Å²) < 4.78 is 5.12. The van der Waals surface area contributed by atoms with Gasteiger partial charge < -0.3 is 20.9 Å². The fourth-order valence-electron chi connectivity index (χ4n) is 1.26. The third-order valence-corrected chi connectivity index (χ3v) is 2.27. The molecular weight excluding hydrogens is 248 g/mol. The number of aliphatic hydroxyl groups excluding tert-OH is 1. The van der Waals surface area contributed by atoms with Crippen molar-refractivity contribution in [1.82, 2.24) is 5.32 Å². The van der Waals surface area contributed by atoms with E-state index in [1.54, 1.807) is 34.6 Å². The summed E-state index contributed by atoms with van der Waals surface area (Å²) in [4.78, 5) is 23.2. The van der Waals surface area contributed by atoms with Gasteiger partial charge in [0.15, 0.2) is 0 Å². The lowest BCUT2D eigenvalue weighted by atomic mass is 10.1. The number of hydrogen-bond acceptors (Lipinski definition) is 5. The number of esters is 1. The molecule has 0 radical (unpaired) electrons. The summed E-state index contributed by atoms with van der Waals surface area (Å²) in [5.41, 5.74) is 4.43. The standard InChI is InChI=1S/C13H26N2O4/c1-12(2,3)19-10(17)7-6-9(14)11(18)15-13(4,5)8-16/h9,16H,6-8,14H2,1-5H3,(H,15,18). The average molecular weight is 274 g/mol. The van der Waals surface area contributed by atoms with E-state index in [0.717, 1.165) is 0 Å². The maximum Gasteiger partial charge on any atom is 0.306 e. The number of aliphatic hydroxyl groups is 1. The quantitative estimate of drug-likeness (QED) is 0.606. The molecule has 0 saturated heterocycles. The first-order valence-corrected chi connectivity index (χ1v) is 6.37. The smallest absolute Gasteiger partial charge is 0.306 e. The molecule has 0 rings (SSSR count). The Morgan fingerprint density at radius 1 is 1.26 bits per heavy atom. The van der Waals surface area contributed by atoms with Crippen molar-refractivity contribution in [2.24, 2.45) is 5.73 Å². The minimum Gasteiger partial charge on any atom is -0.460 e. The Labute approximate surface area is 114 Å². The Kier molecular flexibility index (Phi) is 6.45. The Bertz CT molecular complexity index is 321. The van der Waals surface area contributed by atoms with Crippen LogP contribution in [-0.2, 0) is 14.3 Å². The van der Waals surface area contributed by atoms with Crippen LogP contribution in [-0.4, -0.2) is 40.8 Å². The fraction of sp³-hybridized carbons (Fsp3) is 0.846. The van der Waals surface area contributed by atoms with Crippen LogP contribution >= 0.6 is 0 Å². The maximum atomic E-state index is 11.7. The summed E-state index contributed by atoms with van der Waals surface area (Å²) in [6, 6.07) is -0.793. The molecule has 0 aliphatic heterocycles. The molecule has 0 bridgehead atoms. The number of carbonyl (C=O) groups excluding carboxylic acids is 2. The molecule has 0 aromatic heterocycles. The number of amides is 1. The zero-order chi connectivity index (χ0) is 15.3. The van der Waals surface area contributed by atoms with Crippen molar-refractivity contribution in [3.8, 4) is 0 Å². The first-order valence-electron chi connectivity index (χ1n) is 6.37. The minimum atomic E-state index is -0.793. The Morgan fingerprint density at radius 3 is 2.21 bits per heavy atom. The summed E-state index contributed by atoms with van der Waals surface area (Å²) in [7, 11) is 0. The maximum absolute atomic E-state index is 11.7. The Hall–Kier alpha value is -1.14. The summed E-state index contributed by atoms with van der Waals surface area (Å²) in [5.74, 6) is -0.764. The highest BCUT2D eigenvalue weighted by Gasteiger charge is 2.24. The number of hydrogen-bond donors (Lipinski definition) is 3. The van der Waals surface area contributed by atoms with Crippen LogP contribution in [0, 0.1) is 0 Å². The fourth-order valence-corrected chi connectivity index (χ4v) is 1.26. The van der Waals surface area contributed by atoms with Crippen LogP contribution in [0.3, 0.4) is 0 Å². The first-order chi connectivity index (χ1) is 8.47. The molecule has 0 aromatic carbocycles. The number of rotatable bonds is 6. The second-order valence-electron chi connectivity index (χ2n) is 6.26. The van der Waals surface area contributed by atoms with Crippen LogP contribution in [0.15, 0.2) is 0 Å². The zero-order valence-electron chi connectivity index (χ0n) is 12.4. The SMILES string of the molecule is CC(C)(CO)NC(=O)C(N)CCC(=O)OC(C)(C)C. The van der Waals surface area contributed by atoms with E-state index < -0.39 is 17.2 Å². The van der Waals surface area contributed by atoms with Crippen LogP contribution in [0.25, 0.3) is 0 Å². The predicted molar refractivity (Wildman–Crippen MR) is 72.4 cm³/mol. The van der Waals surface area contributed by atoms with E-state index in [-0.39, 0.29) is 31.3 Å². The number of nitrogens with one attached hydrogen (secondary N) is 1. The van der Waals surface area contributed by atoms with Gasteiger partial charge in [-0.05, 0) is 41.0 Å². The van der Waals surface area contributed by atoms with Gasteiger partial charge in [0.2, 0.25) is 5.91 Å². The Morgan fingerprint density at radius 2 is 1.79 bits per heavy atom. The van der Waals surface area contributed by atoms with Gasteiger partial charge in [-0.3, -0.25) is 9.59 Å². The van der Waals surface area contributed by atoms with E-state index >= 15 is 0 Å². The molecule has 0 spiro atoms. The van der Waals surface area contributed by atoms with E-state index in [9.17, 15) is 9.59 Å². The third kappa shape index (κ3) is 8.56. The van der Waals surface area contributed by atoms with Crippen molar-refractivity contribution >= 4 is 11.9 Å². The van der Waals surface area contributed by atoms with E-state index in [1.165, 1.54) is 0 Å². The van der Waals surface area contributed by atoms with Gasteiger partial charge in [-0.1, -0.05) is 0 Å². The van der Waals surface area contributed by atoms with Crippen LogP contribution in [0.1, 0.15) is 47.5 Å². The van der Waals surface area contributed by atoms with Crippen molar-refractivity contribution in [3.63, 3.8) is 0 Å². The minimum absolute atomic E-state index is 0.0887. The molecule has 112 valence electrons. The number of nitrogens with two attached hydrogens (primary N) is 1. The molecule has 0 saturated carbocycles. The number of ether oxygens (including phenoxy) is 1. The van der Waals surface area contributed by atoms with Crippen LogP contribution < -0.4 is 11.1 Å². The highest BCUT2D eigenvalue weighted by atomic mass is 16.6. The van der Waals surface area contributed by atoms with Gasteiger partial charge in [0.25, 0.3) is 0 Å². The molecule has 1 unspecified atom stereocenters. The lowest BCUT2D eigenvalue weighted by Crippen LogP contribution is -2.52. The van der Waals surface area contributed by atoms with E-state index in [0.29, 0.717) is 0 Å². The summed E-state index contributed by atoms with van der Waals surface area (Å²) in [5, 5.41) is 11.7. The predicted octanol–water partition coefficient (Wildman–Crippen LogP) is 0.323. The normalized spacial score (nSPS) is 13.8. The average Bonchev–Trinajstić information content (AvgIpc) is 2.22. The largest absolute Gasteiger partial charge is 0.460 e. The van der Waals surface area contributed by atoms with Gasteiger partial charge in [0.05, 0.1) is 18.2 Å². The molecule has 6 nitrogen and oxygen atoms in total. The van der Waals surface area contributed by atoms with Crippen molar-refractivity contribution in [1.29, 1.82) is 0 Å². The Balaban J connectivity index is 4.15. The highest BCUT2D eigenvalue weighted by Crippen LogP contribution is 2.10. The molecule has 6 heteroatoms. The summed E-state index contributed by atoms with van der Waals surface area (Å²) in [6.07, 6.45) is 0.299. The van der Waals surface area contributed by atoms with Crippen molar-refractivity contribution in [3.05, 3.63) is 0 Å². The molecule has 4 N–H and O–H groups in total. The van der Waals surface area contributed by atoms with Gasteiger partial charge in [-0.15, -0.1) is 0 Å². The zero-order valence-corrected chi connectivity index (χ0v) is 12.4. The van der Waals surface area contributed by atoms with Crippen molar-refractivity contribution in [2.45, 2.75) is 64.6 Å². The molecule has 0 heterocycles. The van der Waals surface area contributed by atoms with Gasteiger partial charge in [-0.25, -0.2) is 0 Å². The van der Waals surface area contributed by atoms with Gasteiger partial charge in [-0.2, -0.15) is 0 Å². The molecule has 0 fully saturated rings. The lowest BCUT2D eigenvalue weighted by molar-refractivity contribution is -0.155. The van der Waals surface area contributed by atoms with Gasteiger partial charge in [0, 0.05) is 6.42 Å². The molecule has 19 heavy (non-hydrogen) atoms. The second kappa shape index (κ2) is 6.86. The van der Waals surface area contributed by atoms with Crippen LogP contribution in [0.2, 0.25) is 0 Å². The van der Waals surface area contributed by atoms with Gasteiger partial charge >= 0.3 is 5.97 Å². The lowest BCUT2D eigenvalue weighted by Gasteiger charge is -2.25. The van der Waals surface area contributed by atoms with Crippen molar-refractivity contribution in [2.75, 3.05) is 6.61 Å². The molecule has 1 amide bonds. The summed E-state index contributed by atoms with van der Waals surface area (Å²) in [6.45, 7) is 8.53. The molecule has 0 aliphatic carbocycles. The monoisotopic (exact) mass is 274 g/mol. The summed E-state index contributed by atoms with van der Waals surface area (Å²) >= 11 is 0. The molecule has 0 aromatic rings. The topological polar surface area (TPSA) is 102 Å². The van der Waals surface area contributed by atoms with Crippen LogP contribution in [0.5, 0.6) is 0 Å². The first kappa shape index (κ1) is 17.9. The van der Waals surface area contributed by atoms with Gasteiger partial charge in [0.1, 0.15) is 5.60 Å². The number of carbonyl (C=O) groups is 2. The van der Waals surface area contributed by atoms with Crippen LogP contribution in [0.4, 0.5) is 0 Å². The van der Waals surface area contributed by atoms with Crippen molar-refractivity contribution < 1.29 is 19.4 Å².